The first-order valence-corrected chi connectivity index (χ1v) is 6.26. The van der Waals surface area contributed by atoms with Gasteiger partial charge in [0.15, 0.2) is 11.5 Å². The lowest BCUT2D eigenvalue weighted by Gasteiger charge is -2.08. The van der Waals surface area contributed by atoms with Gasteiger partial charge in [0.1, 0.15) is 13.2 Å². The van der Waals surface area contributed by atoms with Crippen molar-refractivity contribution in [2.75, 3.05) is 20.3 Å². The van der Waals surface area contributed by atoms with Gasteiger partial charge < -0.3 is 19.3 Å². The maximum Gasteiger partial charge on any atom is 0.332 e. The van der Waals surface area contributed by atoms with E-state index in [9.17, 15) is 9.90 Å². The number of esters is 1. The van der Waals surface area contributed by atoms with Crippen LogP contribution in [-0.2, 0) is 20.9 Å². The van der Waals surface area contributed by atoms with Crippen LogP contribution in [0.4, 0.5) is 0 Å². The summed E-state index contributed by atoms with van der Waals surface area (Å²) in [4.78, 5) is 11.4. The van der Waals surface area contributed by atoms with Crippen LogP contribution < -0.4 is 4.74 Å². The number of hydrogen-bond acceptors (Lipinski definition) is 5. The molecule has 0 aliphatic heterocycles. The fourth-order valence-electron chi connectivity index (χ4n) is 1.42. The Bertz CT molecular complexity index is 403. The summed E-state index contributed by atoms with van der Waals surface area (Å²) < 4.78 is 15.2. The van der Waals surface area contributed by atoms with E-state index in [0.717, 1.165) is 18.4 Å². The minimum Gasteiger partial charge on any atom is -0.504 e. The Labute approximate surface area is 113 Å². The van der Waals surface area contributed by atoms with Gasteiger partial charge >= 0.3 is 5.97 Å². The largest absolute Gasteiger partial charge is 0.504 e. The number of carbonyl (C=O) groups excluding carboxylic acids is 1. The van der Waals surface area contributed by atoms with E-state index in [1.54, 1.807) is 12.1 Å². The lowest BCUT2D eigenvalue weighted by molar-refractivity contribution is -0.150. The van der Waals surface area contributed by atoms with Crippen molar-refractivity contribution in [1.82, 2.24) is 0 Å². The SMILES string of the molecule is CCCCOCC(=O)OCc1ccc(O)c(OC)c1. The van der Waals surface area contributed by atoms with Crippen molar-refractivity contribution < 1.29 is 24.1 Å². The van der Waals surface area contributed by atoms with Crippen LogP contribution in [-0.4, -0.2) is 31.4 Å². The summed E-state index contributed by atoms with van der Waals surface area (Å²) in [5, 5.41) is 9.43. The molecule has 106 valence electrons. The molecule has 0 fully saturated rings. The minimum absolute atomic E-state index is 0.0325. The number of unbranched alkanes of at least 4 members (excludes halogenated alkanes) is 1. The highest BCUT2D eigenvalue weighted by Crippen LogP contribution is 2.26. The molecule has 0 atom stereocenters. The average molecular weight is 268 g/mol. The number of carbonyl (C=O) groups is 1. The van der Waals surface area contributed by atoms with Crippen molar-refractivity contribution in [2.45, 2.75) is 26.4 Å². The van der Waals surface area contributed by atoms with Crippen LogP contribution in [0.3, 0.4) is 0 Å². The number of phenolic OH excluding ortho intramolecular Hbond substituents is 1. The molecule has 0 spiro atoms. The van der Waals surface area contributed by atoms with Gasteiger partial charge in [-0.2, -0.15) is 0 Å². The highest BCUT2D eigenvalue weighted by atomic mass is 16.6. The van der Waals surface area contributed by atoms with E-state index in [1.807, 2.05) is 0 Å². The maximum absolute atomic E-state index is 11.4. The molecule has 5 heteroatoms. The van der Waals surface area contributed by atoms with Crippen LogP contribution in [0.25, 0.3) is 0 Å². The van der Waals surface area contributed by atoms with Gasteiger partial charge in [-0.15, -0.1) is 0 Å². The summed E-state index contributed by atoms with van der Waals surface area (Å²) in [5.41, 5.74) is 0.747. The second-order valence-corrected chi connectivity index (χ2v) is 4.07. The van der Waals surface area contributed by atoms with Gasteiger partial charge in [-0.3, -0.25) is 0 Å². The van der Waals surface area contributed by atoms with Crippen LogP contribution in [0, 0.1) is 0 Å². The van der Waals surface area contributed by atoms with Crippen LogP contribution in [0.5, 0.6) is 11.5 Å². The van der Waals surface area contributed by atoms with E-state index in [-0.39, 0.29) is 19.0 Å². The number of rotatable bonds is 8. The fraction of sp³-hybridized carbons (Fsp3) is 0.500. The summed E-state index contributed by atoms with van der Waals surface area (Å²) >= 11 is 0. The molecule has 1 rings (SSSR count). The van der Waals surface area contributed by atoms with Crippen LogP contribution in [0.2, 0.25) is 0 Å². The smallest absolute Gasteiger partial charge is 0.332 e. The highest BCUT2D eigenvalue weighted by molar-refractivity contribution is 5.70. The molecule has 0 aliphatic carbocycles. The summed E-state index contributed by atoms with van der Waals surface area (Å²) in [5.74, 6) is 0.0105. The zero-order valence-electron chi connectivity index (χ0n) is 11.3. The first kappa shape index (κ1) is 15.3. The topological polar surface area (TPSA) is 65.0 Å². The van der Waals surface area contributed by atoms with Crippen LogP contribution in [0.1, 0.15) is 25.3 Å². The minimum atomic E-state index is -0.400. The molecule has 0 aromatic heterocycles. The monoisotopic (exact) mass is 268 g/mol. The summed E-state index contributed by atoms with van der Waals surface area (Å²) in [7, 11) is 1.46. The van der Waals surface area contributed by atoms with Gasteiger partial charge in [0.2, 0.25) is 0 Å². The molecular weight excluding hydrogens is 248 g/mol. The number of ether oxygens (including phenoxy) is 3. The number of aromatic hydroxyl groups is 1. The van der Waals surface area contributed by atoms with Crippen molar-refractivity contribution in [2.24, 2.45) is 0 Å². The zero-order valence-corrected chi connectivity index (χ0v) is 11.3. The van der Waals surface area contributed by atoms with E-state index in [1.165, 1.54) is 13.2 Å². The lowest BCUT2D eigenvalue weighted by Crippen LogP contribution is -2.13. The third kappa shape index (κ3) is 5.61. The summed E-state index contributed by atoms with van der Waals surface area (Å²) in [6, 6.07) is 4.80. The van der Waals surface area contributed by atoms with Crippen molar-refractivity contribution >= 4 is 5.97 Å². The number of phenols is 1. The van der Waals surface area contributed by atoms with Crippen molar-refractivity contribution in [3.05, 3.63) is 23.8 Å². The Morgan fingerprint density at radius 1 is 1.37 bits per heavy atom. The summed E-state index contributed by atoms with van der Waals surface area (Å²) in [6.07, 6.45) is 1.96. The van der Waals surface area contributed by atoms with Crippen LogP contribution >= 0.6 is 0 Å². The Hall–Kier alpha value is -1.75. The molecule has 19 heavy (non-hydrogen) atoms. The highest BCUT2D eigenvalue weighted by Gasteiger charge is 2.06. The normalized spacial score (nSPS) is 10.2. The molecule has 1 aromatic carbocycles. The fourth-order valence-corrected chi connectivity index (χ4v) is 1.42. The first-order chi connectivity index (χ1) is 9.17. The Kier molecular flexibility index (Phi) is 6.74. The van der Waals surface area contributed by atoms with Crippen LogP contribution in [0.15, 0.2) is 18.2 Å². The van der Waals surface area contributed by atoms with Crippen molar-refractivity contribution in [1.29, 1.82) is 0 Å². The van der Waals surface area contributed by atoms with Gasteiger partial charge in [-0.1, -0.05) is 19.4 Å². The predicted molar refractivity (Wildman–Crippen MR) is 70.2 cm³/mol. The van der Waals surface area contributed by atoms with Crippen molar-refractivity contribution in [3.63, 3.8) is 0 Å². The molecule has 1 aromatic rings. The molecule has 0 saturated carbocycles. The third-order valence-corrected chi connectivity index (χ3v) is 2.51. The van der Waals surface area contributed by atoms with E-state index in [2.05, 4.69) is 6.92 Å². The van der Waals surface area contributed by atoms with E-state index in [0.29, 0.717) is 12.4 Å². The molecular formula is C14H20O5. The number of methoxy groups -OCH3 is 1. The van der Waals surface area contributed by atoms with Gasteiger partial charge in [0, 0.05) is 6.61 Å². The van der Waals surface area contributed by atoms with Crippen molar-refractivity contribution in [3.8, 4) is 11.5 Å². The standard InChI is InChI=1S/C14H20O5/c1-3-4-7-18-10-14(16)19-9-11-5-6-12(15)13(8-11)17-2/h5-6,8,15H,3-4,7,9-10H2,1-2H3. The number of benzene rings is 1. The molecule has 0 unspecified atom stereocenters. The zero-order chi connectivity index (χ0) is 14.1. The molecule has 0 amide bonds. The summed E-state index contributed by atoms with van der Waals surface area (Å²) in [6.45, 7) is 2.72. The van der Waals surface area contributed by atoms with E-state index >= 15 is 0 Å². The second kappa shape index (κ2) is 8.37. The van der Waals surface area contributed by atoms with Gasteiger partial charge in [-0.25, -0.2) is 4.79 Å². The Balaban J connectivity index is 2.33. The van der Waals surface area contributed by atoms with E-state index < -0.39 is 5.97 Å². The maximum atomic E-state index is 11.4. The molecule has 0 aliphatic rings. The Morgan fingerprint density at radius 2 is 2.16 bits per heavy atom. The molecule has 5 nitrogen and oxygen atoms in total. The lowest BCUT2D eigenvalue weighted by atomic mass is 10.2. The average Bonchev–Trinajstić information content (AvgIpc) is 2.42. The number of hydrogen-bond donors (Lipinski definition) is 1. The molecule has 0 bridgehead atoms. The third-order valence-electron chi connectivity index (χ3n) is 2.51. The molecule has 0 heterocycles. The quantitative estimate of drug-likeness (QED) is 0.578. The first-order valence-electron chi connectivity index (χ1n) is 6.26. The van der Waals surface area contributed by atoms with E-state index in [4.69, 9.17) is 14.2 Å². The van der Waals surface area contributed by atoms with Gasteiger partial charge in [-0.05, 0) is 24.1 Å². The second-order valence-electron chi connectivity index (χ2n) is 4.07. The molecule has 0 saturated heterocycles. The molecule has 0 radical (unpaired) electrons. The predicted octanol–water partition coefficient (Wildman–Crippen LogP) is 2.26. The Morgan fingerprint density at radius 3 is 2.84 bits per heavy atom. The molecule has 1 N–H and O–H groups in total. The van der Waals surface area contributed by atoms with Gasteiger partial charge in [0.05, 0.1) is 7.11 Å². The van der Waals surface area contributed by atoms with Gasteiger partial charge in [0.25, 0.3) is 0 Å².